The molecule has 3 N–H and O–H groups in total. The largest absolute Gasteiger partial charge is 0.396 e. The molecule has 0 spiro atoms. The number of carbonyl (C=O) groups is 1. The number of Topliss-reactive ketones (excluding diaryl/α,β-unsaturated/α-hetero) is 1. The van der Waals surface area contributed by atoms with Crippen molar-refractivity contribution in [3.63, 3.8) is 0 Å². The molecule has 0 saturated heterocycles. The summed E-state index contributed by atoms with van der Waals surface area (Å²) in [6.45, 7) is -1.34. The van der Waals surface area contributed by atoms with Gasteiger partial charge >= 0.3 is 12.3 Å². The van der Waals surface area contributed by atoms with Crippen molar-refractivity contribution in [3.8, 4) is 6.07 Å². The third-order valence-corrected chi connectivity index (χ3v) is 4.21. The van der Waals surface area contributed by atoms with Gasteiger partial charge in [0, 0.05) is 5.92 Å². The van der Waals surface area contributed by atoms with Crippen LogP contribution in [0.2, 0.25) is 0 Å². The van der Waals surface area contributed by atoms with Crippen LogP contribution in [-0.4, -0.2) is 24.7 Å². The summed E-state index contributed by atoms with van der Waals surface area (Å²) in [7, 11) is 0. The zero-order valence-electron chi connectivity index (χ0n) is 10.6. The van der Waals surface area contributed by atoms with Crippen molar-refractivity contribution in [2.75, 3.05) is 17.6 Å². The number of nitriles is 1. The van der Waals surface area contributed by atoms with Gasteiger partial charge in [-0.3, -0.25) is 4.79 Å². The van der Waals surface area contributed by atoms with E-state index >= 15 is 0 Å². The topological polar surface area (TPSA) is 78.9 Å². The zero-order chi connectivity index (χ0) is 15.8. The number of anilines is 2. The molecule has 1 aromatic heterocycles. The summed E-state index contributed by atoms with van der Waals surface area (Å²) in [4.78, 5) is 12.1. The van der Waals surface area contributed by atoms with Crippen LogP contribution >= 0.6 is 11.3 Å². The molecule has 0 unspecified atom stereocenters. The Kier molecular flexibility index (Phi) is 4.09. The van der Waals surface area contributed by atoms with E-state index in [-0.39, 0.29) is 32.8 Å². The number of rotatable bonds is 6. The Hall–Kier alpha value is -1.82. The fourth-order valence-corrected chi connectivity index (χ4v) is 2.75. The van der Waals surface area contributed by atoms with Crippen LogP contribution < -0.4 is 11.1 Å². The van der Waals surface area contributed by atoms with Gasteiger partial charge in [-0.15, -0.1) is 11.3 Å². The van der Waals surface area contributed by atoms with Crippen molar-refractivity contribution in [2.45, 2.75) is 25.2 Å². The molecule has 0 aromatic carbocycles. The lowest BCUT2D eigenvalue weighted by Gasteiger charge is -2.15. The number of nitrogens with one attached hydrogen (secondary N) is 1. The summed E-state index contributed by atoms with van der Waals surface area (Å²) in [5.74, 6) is -4.61. The first kappa shape index (κ1) is 15.6. The molecule has 4 nitrogen and oxygen atoms in total. The molecule has 0 aliphatic heterocycles. The Morgan fingerprint density at radius 2 is 2.14 bits per heavy atom. The fourth-order valence-electron chi connectivity index (χ4n) is 1.67. The van der Waals surface area contributed by atoms with Gasteiger partial charge in [0.05, 0.1) is 17.1 Å². The number of nitrogen functional groups attached to an aromatic ring is 1. The Balaban J connectivity index is 2.22. The molecule has 0 atom stereocenters. The molecular weight excluding hydrogens is 310 g/mol. The Morgan fingerprint density at radius 3 is 2.62 bits per heavy atom. The third-order valence-electron chi connectivity index (χ3n) is 3.03. The van der Waals surface area contributed by atoms with Gasteiger partial charge in [-0.25, -0.2) is 8.78 Å². The van der Waals surface area contributed by atoms with Gasteiger partial charge in [0.1, 0.15) is 16.6 Å². The first-order valence-corrected chi connectivity index (χ1v) is 6.86. The van der Waals surface area contributed by atoms with Crippen molar-refractivity contribution in [1.82, 2.24) is 0 Å². The molecule has 1 aliphatic carbocycles. The van der Waals surface area contributed by atoms with E-state index in [1.165, 1.54) is 0 Å². The molecule has 1 aromatic rings. The summed E-state index contributed by atoms with van der Waals surface area (Å²) in [6, 6.07) is 1.70. The average Bonchev–Trinajstić information content (AvgIpc) is 3.20. The number of nitrogens with two attached hydrogens (primary N) is 1. The van der Waals surface area contributed by atoms with Gasteiger partial charge in [-0.1, -0.05) is 0 Å². The minimum absolute atomic E-state index is 0.0812. The lowest BCUT2D eigenvalue weighted by Crippen LogP contribution is -2.34. The summed E-state index contributed by atoms with van der Waals surface area (Å²) < 4.78 is 50.0. The highest BCUT2D eigenvalue weighted by Crippen LogP contribution is 2.41. The standard InChI is InChI=1S/C12H11F4N3OS/c13-11(14)12(15,16)4-19-10-6(3-17)7(18)9(21-10)8(20)5-1-2-5/h5,11,19H,1-2,4,18H2. The molecule has 2 rings (SSSR count). The summed E-state index contributed by atoms with van der Waals surface area (Å²) in [5.41, 5.74) is 5.43. The fraction of sp³-hybridized carbons (Fsp3) is 0.500. The smallest absolute Gasteiger partial charge is 0.324 e. The Bertz CT molecular complexity index is 604. The lowest BCUT2D eigenvalue weighted by atomic mass is 10.1. The van der Waals surface area contributed by atoms with Gasteiger partial charge in [-0.05, 0) is 12.8 Å². The van der Waals surface area contributed by atoms with Crippen LogP contribution in [0.1, 0.15) is 28.1 Å². The minimum atomic E-state index is -4.23. The number of thiophene rings is 1. The second-order valence-corrected chi connectivity index (χ2v) is 5.74. The van der Waals surface area contributed by atoms with E-state index in [1.807, 2.05) is 0 Å². The van der Waals surface area contributed by atoms with Crippen LogP contribution in [0.5, 0.6) is 0 Å². The third kappa shape index (κ3) is 3.10. The molecule has 0 bridgehead atoms. The molecule has 21 heavy (non-hydrogen) atoms. The van der Waals surface area contributed by atoms with Crippen molar-refractivity contribution < 1.29 is 22.4 Å². The van der Waals surface area contributed by atoms with Gasteiger partial charge in [0.15, 0.2) is 5.78 Å². The van der Waals surface area contributed by atoms with Gasteiger partial charge < -0.3 is 11.1 Å². The van der Waals surface area contributed by atoms with E-state index in [9.17, 15) is 22.4 Å². The molecule has 9 heteroatoms. The van der Waals surface area contributed by atoms with E-state index < -0.39 is 18.9 Å². The van der Waals surface area contributed by atoms with Crippen molar-refractivity contribution in [1.29, 1.82) is 5.26 Å². The maximum Gasteiger partial charge on any atom is 0.324 e. The van der Waals surface area contributed by atoms with Crippen molar-refractivity contribution >= 4 is 27.8 Å². The zero-order valence-corrected chi connectivity index (χ0v) is 11.4. The number of halogens is 4. The number of carbonyl (C=O) groups excluding carboxylic acids is 1. The lowest BCUT2D eigenvalue weighted by molar-refractivity contribution is -0.117. The molecule has 114 valence electrons. The van der Waals surface area contributed by atoms with Crippen molar-refractivity contribution in [3.05, 3.63) is 10.4 Å². The van der Waals surface area contributed by atoms with E-state index in [0.717, 1.165) is 24.2 Å². The molecule has 0 radical (unpaired) electrons. The average molecular weight is 321 g/mol. The SMILES string of the molecule is N#Cc1c(NCC(F)(F)C(F)F)sc(C(=O)C2CC2)c1N. The number of nitrogens with zero attached hydrogens (tertiary/aromatic N) is 1. The van der Waals surface area contributed by atoms with E-state index in [4.69, 9.17) is 11.0 Å². The van der Waals surface area contributed by atoms with Gasteiger partial charge in [0.25, 0.3) is 0 Å². The number of hydrogen-bond acceptors (Lipinski definition) is 5. The van der Waals surface area contributed by atoms with Crippen LogP contribution in [0.25, 0.3) is 0 Å². The Labute approximate surface area is 121 Å². The van der Waals surface area contributed by atoms with Crippen LogP contribution in [0.4, 0.5) is 28.3 Å². The van der Waals surface area contributed by atoms with Crippen LogP contribution in [-0.2, 0) is 0 Å². The second-order valence-electron chi connectivity index (χ2n) is 4.71. The Morgan fingerprint density at radius 1 is 1.52 bits per heavy atom. The number of ketones is 1. The quantitative estimate of drug-likeness (QED) is 0.623. The molecule has 1 saturated carbocycles. The molecular formula is C12H11F4N3OS. The first-order chi connectivity index (χ1) is 9.77. The minimum Gasteiger partial charge on any atom is -0.396 e. The first-order valence-electron chi connectivity index (χ1n) is 6.04. The number of alkyl halides is 4. The maximum absolute atomic E-state index is 12.9. The molecule has 0 amide bonds. The highest BCUT2D eigenvalue weighted by molar-refractivity contribution is 7.19. The van der Waals surface area contributed by atoms with Crippen LogP contribution in [0.3, 0.4) is 0 Å². The van der Waals surface area contributed by atoms with Gasteiger partial charge in [0.2, 0.25) is 0 Å². The molecule has 1 fully saturated rings. The summed E-state index contributed by atoms with van der Waals surface area (Å²) in [5, 5.41) is 11.0. The monoisotopic (exact) mass is 321 g/mol. The predicted molar refractivity (Wildman–Crippen MR) is 69.9 cm³/mol. The summed E-state index contributed by atoms with van der Waals surface area (Å²) in [6.07, 6.45) is -2.37. The highest BCUT2D eigenvalue weighted by Gasteiger charge is 2.41. The second kappa shape index (κ2) is 5.52. The normalized spacial score (nSPS) is 15.0. The molecule has 1 heterocycles. The van der Waals surface area contributed by atoms with Crippen LogP contribution in [0.15, 0.2) is 0 Å². The van der Waals surface area contributed by atoms with Crippen molar-refractivity contribution in [2.24, 2.45) is 5.92 Å². The highest BCUT2D eigenvalue weighted by atomic mass is 32.1. The summed E-state index contributed by atoms with van der Waals surface area (Å²) >= 11 is 0.753. The van der Waals surface area contributed by atoms with Gasteiger partial charge in [-0.2, -0.15) is 14.0 Å². The van der Waals surface area contributed by atoms with Crippen LogP contribution in [0, 0.1) is 17.2 Å². The van der Waals surface area contributed by atoms with E-state index in [2.05, 4.69) is 5.32 Å². The van der Waals surface area contributed by atoms with E-state index in [0.29, 0.717) is 0 Å². The maximum atomic E-state index is 12.9. The molecule has 1 aliphatic rings. The van der Waals surface area contributed by atoms with E-state index in [1.54, 1.807) is 6.07 Å². The predicted octanol–water partition coefficient (Wildman–Crippen LogP) is 3.11. The number of hydrogen-bond donors (Lipinski definition) is 2.